The van der Waals surface area contributed by atoms with Gasteiger partial charge in [0.05, 0.1) is 18.4 Å². The van der Waals surface area contributed by atoms with Crippen molar-refractivity contribution in [2.24, 2.45) is 11.3 Å². The number of rotatable bonds is 5. The highest BCUT2D eigenvalue weighted by atomic mass is 127. The number of fused-ring (bicyclic) bond motifs is 1. The first kappa shape index (κ1) is 25.5. The molecule has 2 aliphatic rings. The number of amides is 4. The van der Waals surface area contributed by atoms with Gasteiger partial charge in [-0.05, 0) is 78.0 Å². The van der Waals surface area contributed by atoms with Gasteiger partial charge in [0.2, 0.25) is 5.91 Å². The smallest absolute Gasteiger partial charge is 0.330 e. The molecule has 0 unspecified atom stereocenters. The molecule has 0 bridgehead atoms. The number of carbonyl (C=O) groups excluding carboxylic acids is 3. The standard InChI is InChI=1S/C25H33IN6O3/c1-16-27-13-20-15-31(24(35)32(16)20)14-17-9-11-30(12-10-17)22(33)21(25(2,3)4)29-23(34)28-19-7-5-18(26)6-8-19/h5-8,13,17,21H,9-12,14-15H2,1-4H3,(H2,28,29,34)/t21-/m0/s1. The lowest BCUT2D eigenvalue weighted by Gasteiger charge is -2.38. The van der Waals surface area contributed by atoms with Crippen molar-refractivity contribution in [1.29, 1.82) is 0 Å². The molecule has 2 aliphatic heterocycles. The van der Waals surface area contributed by atoms with Gasteiger partial charge in [0.25, 0.3) is 0 Å². The third-order valence-corrected chi connectivity index (χ3v) is 7.44. The number of urea groups is 1. The first-order valence-electron chi connectivity index (χ1n) is 12.0. The van der Waals surface area contributed by atoms with Crippen LogP contribution in [0, 0.1) is 21.8 Å². The van der Waals surface area contributed by atoms with Crippen molar-refractivity contribution in [1.82, 2.24) is 24.7 Å². The van der Waals surface area contributed by atoms with Crippen LogP contribution in [0.3, 0.4) is 0 Å². The average Bonchev–Trinajstić information content (AvgIpc) is 3.32. The number of hydrogen-bond acceptors (Lipinski definition) is 4. The molecule has 4 rings (SSSR count). The van der Waals surface area contributed by atoms with Gasteiger partial charge in [-0.25, -0.2) is 14.6 Å². The quantitative estimate of drug-likeness (QED) is 0.512. The maximum Gasteiger partial charge on any atom is 0.330 e. The Hall–Kier alpha value is -2.63. The van der Waals surface area contributed by atoms with Gasteiger partial charge < -0.3 is 20.4 Å². The van der Waals surface area contributed by atoms with Crippen LogP contribution in [0.4, 0.5) is 15.3 Å². The zero-order valence-electron chi connectivity index (χ0n) is 20.7. The summed E-state index contributed by atoms with van der Waals surface area (Å²) in [4.78, 5) is 46.8. The summed E-state index contributed by atoms with van der Waals surface area (Å²) in [5.74, 6) is 0.995. The van der Waals surface area contributed by atoms with Gasteiger partial charge >= 0.3 is 12.1 Å². The Morgan fingerprint density at radius 2 is 1.83 bits per heavy atom. The van der Waals surface area contributed by atoms with Gasteiger partial charge in [-0.1, -0.05) is 20.8 Å². The minimum absolute atomic E-state index is 0.00959. The molecule has 0 radical (unpaired) electrons. The number of carbonyl (C=O) groups is 3. The van der Waals surface area contributed by atoms with E-state index in [0.717, 1.165) is 27.9 Å². The van der Waals surface area contributed by atoms with E-state index in [9.17, 15) is 14.4 Å². The number of aryl methyl sites for hydroxylation is 1. The van der Waals surface area contributed by atoms with Crippen molar-refractivity contribution < 1.29 is 14.4 Å². The molecule has 1 saturated heterocycles. The van der Waals surface area contributed by atoms with Crippen LogP contribution in [0.2, 0.25) is 0 Å². The summed E-state index contributed by atoms with van der Waals surface area (Å²) >= 11 is 2.21. The molecule has 10 heteroatoms. The number of halogens is 1. The van der Waals surface area contributed by atoms with Crippen molar-refractivity contribution in [2.75, 3.05) is 25.0 Å². The average molecular weight is 592 g/mol. The Balaban J connectivity index is 1.31. The van der Waals surface area contributed by atoms with E-state index < -0.39 is 17.5 Å². The Morgan fingerprint density at radius 1 is 1.17 bits per heavy atom. The van der Waals surface area contributed by atoms with Crippen LogP contribution in [-0.2, 0) is 11.3 Å². The molecular weight excluding hydrogens is 559 g/mol. The minimum atomic E-state index is -0.649. The lowest BCUT2D eigenvalue weighted by atomic mass is 9.85. The number of likely N-dealkylation sites (tertiary alicyclic amines) is 1. The van der Waals surface area contributed by atoms with Crippen LogP contribution in [0.1, 0.15) is 45.1 Å². The van der Waals surface area contributed by atoms with Gasteiger partial charge in [0.1, 0.15) is 11.9 Å². The third kappa shape index (κ3) is 5.79. The first-order chi connectivity index (χ1) is 16.5. The fourth-order valence-corrected chi connectivity index (χ4v) is 5.08. The Bertz CT molecular complexity index is 1100. The van der Waals surface area contributed by atoms with Crippen molar-refractivity contribution in [3.8, 4) is 0 Å². The van der Waals surface area contributed by atoms with Gasteiger partial charge in [-0.3, -0.25) is 9.36 Å². The molecule has 1 fully saturated rings. The van der Waals surface area contributed by atoms with Crippen molar-refractivity contribution in [2.45, 2.75) is 53.1 Å². The van der Waals surface area contributed by atoms with Crippen LogP contribution < -0.4 is 10.6 Å². The predicted octanol–water partition coefficient (Wildman–Crippen LogP) is 4.05. The number of aromatic nitrogens is 2. The Kier molecular flexibility index (Phi) is 7.39. The molecule has 1 atom stereocenters. The summed E-state index contributed by atoms with van der Waals surface area (Å²) in [6.45, 7) is 10.2. The Labute approximate surface area is 219 Å². The lowest BCUT2D eigenvalue weighted by Crippen LogP contribution is -2.57. The predicted molar refractivity (Wildman–Crippen MR) is 142 cm³/mol. The summed E-state index contributed by atoms with van der Waals surface area (Å²) in [5.41, 5.74) is 1.17. The number of anilines is 1. The number of nitrogens with one attached hydrogen (secondary N) is 2. The molecule has 2 N–H and O–H groups in total. The molecule has 0 saturated carbocycles. The normalized spacial score (nSPS) is 17.3. The van der Waals surface area contributed by atoms with Gasteiger partial charge in [-0.2, -0.15) is 0 Å². The van der Waals surface area contributed by atoms with Crippen LogP contribution >= 0.6 is 22.6 Å². The van der Waals surface area contributed by atoms with E-state index in [1.807, 2.05) is 61.8 Å². The van der Waals surface area contributed by atoms with Crippen LogP contribution in [0.15, 0.2) is 30.5 Å². The second kappa shape index (κ2) is 10.2. The summed E-state index contributed by atoms with van der Waals surface area (Å²) < 4.78 is 2.76. The second-order valence-electron chi connectivity index (χ2n) is 10.5. The fraction of sp³-hybridized carbons (Fsp3) is 0.520. The van der Waals surface area contributed by atoms with E-state index in [-0.39, 0.29) is 11.9 Å². The number of benzene rings is 1. The molecule has 3 heterocycles. The Morgan fingerprint density at radius 3 is 2.43 bits per heavy atom. The van der Waals surface area contributed by atoms with E-state index in [4.69, 9.17) is 0 Å². The van der Waals surface area contributed by atoms with E-state index in [1.54, 1.807) is 10.8 Å². The fourth-order valence-electron chi connectivity index (χ4n) is 4.72. The number of nitrogens with zero attached hydrogens (tertiary/aromatic N) is 4. The van der Waals surface area contributed by atoms with E-state index >= 15 is 0 Å². The number of piperidine rings is 1. The van der Waals surface area contributed by atoms with Gasteiger partial charge in [-0.15, -0.1) is 0 Å². The zero-order valence-corrected chi connectivity index (χ0v) is 22.8. The van der Waals surface area contributed by atoms with Crippen molar-refractivity contribution in [3.63, 3.8) is 0 Å². The summed E-state index contributed by atoms with van der Waals surface area (Å²) in [6, 6.07) is 6.44. The topological polar surface area (TPSA) is 99.6 Å². The van der Waals surface area contributed by atoms with Crippen molar-refractivity contribution in [3.05, 3.63) is 45.6 Å². The highest BCUT2D eigenvalue weighted by molar-refractivity contribution is 14.1. The zero-order chi connectivity index (χ0) is 25.3. The molecular formula is C25H33IN6O3. The molecule has 1 aromatic carbocycles. The number of imidazole rings is 1. The lowest BCUT2D eigenvalue weighted by molar-refractivity contribution is -0.137. The monoisotopic (exact) mass is 592 g/mol. The summed E-state index contributed by atoms with van der Waals surface area (Å²) in [7, 11) is 0. The van der Waals surface area contributed by atoms with Gasteiger partial charge in [0.15, 0.2) is 0 Å². The molecule has 188 valence electrons. The largest absolute Gasteiger partial charge is 0.341 e. The second-order valence-corrected chi connectivity index (χ2v) is 11.7. The maximum absolute atomic E-state index is 13.4. The summed E-state index contributed by atoms with van der Waals surface area (Å²) in [6.07, 6.45) is 3.42. The highest BCUT2D eigenvalue weighted by Gasteiger charge is 2.38. The SMILES string of the molecule is Cc1ncc2n1C(=O)N(CC1CCN(C(=O)[C@H](NC(=O)Nc3ccc(I)cc3)C(C)(C)C)CC1)C2. The molecule has 9 nitrogen and oxygen atoms in total. The van der Waals surface area contributed by atoms with Crippen LogP contribution in [0.5, 0.6) is 0 Å². The maximum atomic E-state index is 13.4. The first-order valence-corrected chi connectivity index (χ1v) is 13.0. The molecule has 0 spiro atoms. The van der Waals surface area contributed by atoms with E-state index in [0.29, 0.717) is 37.8 Å². The summed E-state index contributed by atoms with van der Waals surface area (Å²) in [5, 5.41) is 5.72. The van der Waals surface area contributed by atoms with Crippen LogP contribution in [-0.4, -0.2) is 63.0 Å². The highest BCUT2D eigenvalue weighted by Crippen LogP contribution is 2.27. The van der Waals surface area contributed by atoms with E-state index in [2.05, 4.69) is 38.2 Å². The molecule has 0 aliphatic carbocycles. The molecule has 35 heavy (non-hydrogen) atoms. The van der Waals surface area contributed by atoms with Crippen LogP contribution in [0.25, 0.3) is 0 Å². The number of hydrogen-bond donors (Lipinski definition) is 2. The van der Waals surface area contributed by atoms with Crippen molar-refractivity contribution >= 4 is 46.2 Å². The third-order valence-electron chi connectivity index (χ3n) is 6.72. The minimum Gasteiger partial charge on any atom is -0.341 e. The molecule has 2 aromatic rings. The van der Waals surface area contributed by atoms with E-state index in [1.165, 1.54) is 0 Å². The molecule has 1 aromatic heterocycles. The molecule has 4 amide bonds. The van der Waals surface area contributed by atoms with Gasteiger partial charge in [0, 0.05) is 28.9 Å².